The van der Waals surface area contributed by atoms with E-state index >= 15 is 0 Å². The Labute approximate surface area is 174 Å². The van der Waals surface area contributed by atoms with Gasteiger partial charge < -0.3 is 19.9 Å². The Bertz CT molecular complexity index is 1180. The molecule has 0 spiro atoms. The number of halogens is 3. The van der Waals surface area contributed by atoms with Crippen LogP contribution in [0.15, 0.2) is 23.1 Å². The third-order valence-corrected chi connectivity index (χ3v) is 6.68. The first-order valence-corrected chi connectivity index (χ1v) is 9.93. The molecule has 2 bridgehead atoms. The van der Waals surface area contributed by atoms with Gasteiger partial charge in [0.25, 0.3) is 11.8 Å². The maximum absolute atomic E-state index is 13.8. The number of amides is 2. The number of nitrogens with one attached hydrogen (secondary N) is 1. The van der Waals surface area contributed by atoms with Gasteiger partial charge in [-0.15, -0.1) is 0 Å². The largest absolute Gasteiger partial charge is 0.503 e. The molecule has 0 radical (unpaired) electrons. The standard InChI is InChI=1S/C21H18F3N3O4/c22-10-5-14(23)12(15(24)6-10)7-25-19(30)13-8-26-9-21-3-1-11(2-4-21)27(21)20(31)16(26)18(29)17(13)28/h5-6,8,11,29H,1-4,7,9H2,(H,25,30). The number of hydrogen-bond acceptors (Lipinski definition) is 4. The molecule has 5 rings (SSSR count). The van der Waals surface area contributed by atoms with Crippen LogP contribution < -0.4 is 10.7 Å². The zero-order valence-electron chi connectivity index (χ0n) is 16.3. The first-order chi connectivity index (χ1) is 14.7. The molecular formula is C21H18F3N3O4. The van der Waals surface area contributed by atoms with Crippen LogP contribution in [-0.2, 0) is 13.1 Å². The van der Waals surface area contributed by atoms with E-state index < -0.39 is 58.1 Å². The third kappa shape index (κ3) is 2.77. The molecular weight excluding hydrogens is 415 g/mol. The predicted molar refractivity (Wildman–Crippen MR) is 101 cm³/mol. The number of rotatable bonds is 3. The molecule has 2 amide bonds. The highest BCUT2D eigenvalue weighted by atomic mass is 19.1. The van der Waals surface area contributed by atoms with Gasteiger partial charge in [0.05, 0.1) is 5.54 Å². The van der Waals surface area contributed by atoms with Crippen molar-refractivity contribution in [3.8, 4) is 5.75 Å². The Hall–Kier alpha value is -3.30. The van der Waals surface area contributed by atoms with Gasteiger partial charge in [-0.1, -0.05) is 0 Å². The summed E-state index contributed by atoms with van der Waals surface area (Å²) in [6.45, 7) is -0.281. The zero-order chi connectivity index (χ0) is 22.1. The van der Waals surface area contributed by atoms with Crippen molar-refractivity contribution in [1.82, 2.24) is 14.8 Å². The highest BCUT2D eigenvalue weighted by molar-refractivity contribution is 5.99. The Morgan fingerprint density at radius 2 is 1.81 bits per heavy atom. The number of hydrogen-bond donors (Lipinski definition) is 2. The highest BCUT2D eigenvalue weighted by Crippen LogP contribution is 2.50. The minimum Gasteiger partial charge on any atom is -0.503 e. The molecule has 31 heavy (non-hydrogen) atoms. The van der Waals surface area contributed by atoms with E-state index in [9.17, 15) is 32.7 Å². The molecule has 2 aromatic rings. The molecule has 0 aliphatic carbocycles. The van der Waals surface area contributed by atoms with Gasteiger partial charge in [0.15, 0.2) is 11.4 Å². The van der Waals surface area contributed by atoms with Crippen molar-refractivity contribution in [2.45, 2.75) is 50.4 Å². The summed E-state index contributed by atoms with van der Waals surface area (Å²) in [6.07, 6.45) is 4.53. The quantitative estimate of drug-likeness (QED) is 0.775. The summed E-state index contributed by atoms with van der Waals surface area (Å²) in [5, 5.41) is 12.7. The van der Waals surface area contributed by atoms with Gasteiger partial charge in [-0.25, -0.2) is 13.2 Å². The van der Waals surface area contributed by atoms with Gasteiger partial charge >= 0.3 is 0 Å². The lowest BCUT2D eigenvalue weighted by Crippen LogP contribution is -2.53. The van der Waals surface area contributed by atoms with Crippen molar-refractivity contribution < 1.29 is 27.9 Å². The summed E-state index contributed by atoms with van der Waals surface area (Å²) in [5.41, 5.74) is -2.59. The Kier molecular flexibility index (Phi) is 4.18. The topological polar surface area (TPSA) is 91.6 Å². The van der Waals surface area contributed by atoms with Crippen LogP contribution in [0.4, 0.5) is 13.2 Å². The van der Waals surface area contributed by atoms with Crippen LogP contribution in [0.1, 0.15) is 52.1 Å². The van der Waals surface area contributed by atoms with Crippen LogP contribution in [0.25, 0.3) is 0 Å². The molecule has 3 aliphatic heterocycles. The van der Waals surface area contributed by atoms with Gasteiger partial charge in [0, 0.05) is 43.0 Å². The number of aromatic hydroxyl groups is 1. The summed E-state index contributed by atoms with van der Waals surface area (Å²) >= 11 is 0. The van der Waals surface area contributed by atoms with E-state index in [1.807, 2.05) is 0 Å². The second kappa shape index (κ2) is 6.60. The molecule has 2 N–H and O–H groups in total. The molecule has 2 saturated heterocycles. The number of aromatic nitrogens is 1. The van der Waals surface area contributed by atoms with Crippen LogP contribution in [-0.4, -0.2) is 38.0 Å². The Morgan fingerprint density at radius 1 is 1.16 bits per heavy atom. The van der Waals surface area contributed by atoms with Gasteiger partial charge in [-0.3, -0.25) is 14.4 Å². The minimum absolute atomic E-state index is 0.0965. The van der Waals surface area contributed by atoms with Crippen molar-refractivity contribution in [3.05, 3.63) is 62.8 Å². The molecule has 7 nitrogen and oxygen atoms in total. The lowest BCUT2D eigenvalue weighted by molar-refractivity contribution is 0.0490. The van der Waals surface area contributed by atoms with Crippen LogP contribution in [0.3, 0.4) is 0 Å². The molecule has 0 unspecified atom stereocenters. The van der Waals surface area contributed by atoms with E-state index in [2.05, 4.69) is 5.32 Å². The molecule has 0 atom stereocenters. The number of fused-ring (bicyclic) bond motifs is 1. The van der Waals surface area contributed by atoms with Crippen LogP contribution in [0, 0.1) is 17.5 Å². The van der Waals surface area contributed by atoms with Crippen LogP contribution >= 0.6 is 0 Å². The number of carbonyl (C=O) groups is 2. The average molecular weight is 433 g/mol. The lowest BCUT2D eigenvalue weighted by Gasteiger charge is -2.41. The fraction of sp³-hybridized carbons (Fsp3) is 0.381. The molecule has 2 fully saturated rings. The van der Waals surface area contributed by atoms with Crippen molar-refractivity contribution in [3.63, 3.8) is 0 Å². The average Bonchev–Trinajstić information content (AvgIpc) is 3.25. The molecule has 162 valence electrons. The number of nitrogens with zero attached hydrogens (tertiary/aromatic N) is 2. The summed E-state index contributed by atoms with van der Waals surface area (Å²) < 4.78 is 42.1. The van der Waals surface area contributed by atoms with Gasteiger partial charge in [-0.05, 0) is 25.7 Å². The Morgan fingerprint density at radius 3 is 2.45 bits per heavy atom. The second-order valence-corrected chi connectivity index (χ2v) is 8.36. The van der Waals surface area contributed by atoms with E-state index in [0.29, 0.717) is 18.7 Å². The monoisotopic (exact) mass is 433 g/mol. The van der Waals surface area contributed by atoms with Crippen molar-refractivity contribution in [2.24, 2.45) is 0 Å². The molecule has 1 aromatic heterocycles. The van der Waals surface area contributed by atoms with E-state index in [4.69, 9.17) is 0 Å². The SMILES string of the molecule is O=C(NCc1c(F)cc(F)cc1F)c1cn2c(c(O)c1=O)C(=O)N1C3CCC1(CC3)C2. The maximum atomic E-state index is 13.8. The molecule has 4 heterocycles. The van der Waals surface area contributed by atoms with Gasteiger partial charge in [0.2, 0.25) is 5.43 Å². The molecule has 0 saturated carbocycles. The predicted octanol–water partition coefficient (Wildman–Crippen LogP) is 2.05. The van der Waals surface area contributed by atoms with Crippen LogP contribution in [0.5, 0.6) is 5.75 Å². The van der Waals surface area contributed by atoms with E-state index in [0.717, 1.165) is 25.7 Å². The van der Waals surface area contributed by atoms with Gasteiger partial charge in [-0.2, -0.15) is 0 Å². The van der Waals surface area contributed by atoms with Crippen molar-refractivity contribution in [1.29, 1.82) is 0 Å². The Balaban J connectivity index is 1.47. The number of carbonyl (C=O) groups excluding carboxylic acids is 2. The molecule has 1 aromatic carbocycles. The first-order valence-electron chi connectivity index (χ1n) is 9.93. The lowest BCUT2D eigenvalue weighted by atomic mass is 9.86. The minimum atomic E-state index is -1.18. The normalized spacial score (nSPS) is 23.6. The molecule has 3 aliphatic rings. The van der Waals surface area contributed by atoms with Crippen molar-refractivity contribution in [2.75, 3.05) is 0 Å². The smallest absolute Gasteiger partial charge is 0.275 e. The van der Waals surface area contributed by atoms with E-state index in [-0.39, 0.29) is 17.3 Å². The summed E-state index contributed by atoms with van der Waals surface area (Å²) in [4.78, 5) is 40.0. The van der Waals surface area contributed by atoms with Crippen LogP contribution in [0.2, 0.25) is 0 Å². The summed E-state index contributed by atoms with van der Waals surface area (Å²) in [6, 6.07) is 1.06. The highest BCUT2D eigenvalue weighted by Gasteiger charge is 2.57. The molecule has 10 heteroatoms. The summed E-state index contributed by atoms with van der Waals surface area (Å²) in [7, 11) is 0. The maximum Gasteiger partial charge on any atom is 0.275 e. The fourth-order valence-corrected chi connectivity index (χ4v) is 5.24. The zero-order valence-corrected chi connectivity index (χ0v) is 16.3. The number of pyridine rings is 1. The second-order valence-electron chi connectivity index (χ2n) is 8.36. The fourth-order valence-electron chi connectivity index (χ4n) is 5.24. The summed E-state index contributed by atoms with van der Waals surface area (Å²) in [5.74, 6) is -5.67. The number of benzene rings is 1. The van der Waals surface area contributed by atoms with Crippen molar-refractivity contribution >= 4 is 11.8 Å². The van der Waals surface area contributed by atoms with E-state index in [1.165, 1.54) is 10.8 Å². The third-order valence-electron chi connectivity index (χ3n) is 6.68. The van der Waals surface area contributed by atoms with Gasteiger partial charge in [0.1, 0.15) is 23.0 Å². The van der Waals surface area contributed by atoms with E-state index in [1.54, 1.807) is 4.90 Å². The first kappa shape index (κ1) is 19.7.